The summed E-state index contributed by atoms with van der Waals surface area (Å²) in [5, 5.41) is 11.6. The molecular formula is C13H20N4O3. The van der Waals surface area contributed by atoms with Crippen LogP contribution in [-0.4, -0.2) is 33.0 Å². The van der Waals surface area contributed by atoms with Gasteiger partial charge in [0, 0.05) is 12.4 Å². The van der Waals surface area contributed by atoms with Gasteiger partial charge in [0.25, 0.3) is 5.91 Å². The van der Waals surface area contributed by atoms with Gasteiger partial charge in [-0.15, -0.1) is 0 Å². The Bertz CT molecular complexity index is 497. The maximum Gasteiger partial charge on any atom is 0.326 e. The van der Waals surface area contributed by atoms with E-state index in [1.807, 2.05) is 20.8 Å². The van der Waals surface area contributed by atoms with Crippen LogP contribution in [-0.2, 0) is 4.79 Å². The molecule has 0 aliphatic heterocycles. The first kappa shape index (κ1) is 15.9. The highest BCUT2D eigenvalue weighted by Crippen LogP contribution is 2.21. The van der Waals surface area contributed by atoms with E-state index in [0.717, 1.165) is 0 Å². The Morgan fingerprint density at radius 3 is 2.45 bits per heavy atom. The summed E-state index contributed by atoms with van der Waals surface area (Å²) in [7, 11) is 0. The zero-order valence-corrected chi connectivity index (χ0v) is 11.9. The van der Waals surface area contributed by atoms with Crippen LogP contribution in [0.1, 0.15) is 44.1 Å². The van der Waals surface area contributed by atoms with E-state index in [1.165, 1.54) is 12.4 Å². The molecule has 0 aliphatic rings. The fourth-order valence-corrected chi connectivity index (χ4v) is 1.59. The third-order valence-corrected chi connectivity index (χ3v) is 2.73. The molecule has 0 spiro atoms. The van der Waals surface area contributed by atoms with E-state index in [4.69, 9.17) is 10.8 Å². The molecule has 0 saturated carbocycles. The number of carboxylic acids is 1. The smallest absolute Gasteiger partial charge is 0.326 e. The van der Waals surface area contributed by atoms with E-state index in [0.29, 0.717) is 12.8 Å². The Labute approximate surface area is 117 Å². The zero-order chi connectivity index (χ0) is 15.3. The van der Waals surface area contributed by atoms with Crippen molar-refractivity contribution >= 4 is 17.7 Å². The third-order valence-electron chi connectivity index (χ3n) is 2.73. The predicted octanol–water partition coefficient (Wildman–Crippen LogP) is 1.07. The number of anilines is 1. The van der Waals surface area contributed by atoms with Crippen molar-refractivity contribution in [2.24, 2.45) is 5.41 Å². The van der Waals surface area contributed by atoms with Gasteiger partial charge >= 0.3 is 5.97 Å². The standard InChI is InChI=1S/C13H20N4O3/c1-13(2,3)5-4-8(12(19)20)17-11(18)9-10(14)16-7-6-15-9/h6-8H,4-5H2,1-3H3,(H2,14,16)(H,17,18)(H,19,20). The fourth-order valence-electron chi connectivity index (χ4n) is 1.59. The van der Waals surface area contributed by atoms with Crippen LogP contribution in [0.2, 0.25) is 0 Å². The Morgan fingerprint density at radius 1 is 1.35 bits per heavy atom. The summed E-state index contributed by atoms with van der Waals surface area (Å²) in [4.78, 5) is 30.7. The average molecular weight is 280 g/mol. The predicted molar refractivity (Wildman–Crippen MR) is 74.0 cm³/mol. The Balaban J connectivity index is 2.74. The maximum absolute atomic E-state index is 11.9. The molecule has 1 atom stereocenters. The normalized spacial score (nSPS) is 12.8. The van der Waals surface area contributed by atoms with Crippen LogP contribution in [0.5, 0.6) is 0 Å². The molecular weight excluding hydrogens is 260 g/mol. The number of carboxylic acid groups (broad SMARTS) is 1. The molecule has 1 aromatic rings. The van der Waals surface area contributed by atoms with Crippen LogP contribution < -0.4 is 11.1 Å². The molecule has 1 amide bonds. The van der Waals surface area contributed by atoms with Crippen molar-refractivity contribution < 1.29 is 14.7 Å². The van der Waals surface area contributed by atoms with Gasteiger partial charge < -0.3 is 16.2 Å². The third kappa shape index (κ3) is 4.83. The van der Waals surface area contributed by atoms with Gasteiger partial charge in [0.1, 0.15) is 6.04 Å². The number of hydrogen-bond acceptors (Lipinski definition) is 5. The second-order valence-electron chi connectivity index (χ2n) is 5.75. The summed E-state index contributed by atoms with van der Waals surface area (Å²) in [6.45, 7) is 6.02. The number of nitrogens with two attached hydrogens (primary N) is 1. The van der Waals surface area contributed by atoms with Crippen molar-refractivity contribution in [3.8, 4) is 0 Å². The van der Waals surface area contributed by atoms with E-state index in [9.17, 15) is 9.59 Å². The van der Waals surface area contributed by atoms with Crippen molar-refractivity contribution in [3.05, 3.63) is 18.1 Å². The molecule has 0 bridgehead atoms. The lowest BCUT2D eigenvalue weighted by Gasteiger charge is -2.21. The van der Waals surface area contributed by atoms with Gasteiger partial charge in [0.15, 0.2) is 11.5 Å². The molecule has 7 nitrogen and oxygen atoms in total. The molecule has 7 heteroatoms. The summed E-state index contributed by atoms with van der Waals surface area (Å²) < 4.78 is 0. The number of rotatable bonds is 5. The second kappa shape index (κ2) is 6.31. The number of nitrogen functional groups attached to an aromatic ring is 1. The van der Waals surface area contributed by atoms with Crippen LogP contribution in [0.3, 0.4) is 0 Å². The summed E-state index contributed by atoms with van der Waals surface area (Å²) >= 11 is 0. The lowest BCUT2D eigenvalue weighted by atomic mass is 9.88. The van der Waals surface area contributed by atoms with Gasteiger partial charge in [-0.2, -0.15) is 0 Å². The van der Waals surface area contributed by atoms with Crippen LogP contribution in [0.4, 0.5) is 5.82 Å². The number of aromatic nitrogens is 2. The van der Waals surface area contributed by atoms with Crippen LogP contribution in [0.15, 0.2) is 12.4 Å². The number of aliphatic carboxylic acids is 1. The average Bonchev–Trinajstić information content (AvgIpc) is 2.33. The van der Waals surface area contributed by atoms with Gasteiger partial charge in [-0.05, 0) is 18.3 Å². The highest BCUT2D eigenvalue weighted by molar-refractivity contribution is 5.98. The SMILES string of the molecule is CC(C)(C)CCC(NC(=O)c1nccnc1N)C(=O)O. The lowest BCUT2D eigenvalue weighted by molar-refractivity contribution is -0.139. The first-order valence-corrected chi connectivity index (χ1v) is 6.31. The van der Waals surface area contributed by atoms with Crippen molar-refractivity contribution in [2.75, 3.05) is 5.73 Å². The lowest BCUT2D eigenvalue weighted by Crippen LogP contribution is -2.41. The number of nitrogens with one attached hydrogen (secondary N) is 1. The maximum atomic E-state index is 11.9. The van der Waals surface area contributed by atoms with E-state index in [2.05, 4.69) is 15.3 Å². The number of hydrogen-bond donors (Lipinski definition) is 3. The second-order valence-corrected chi connectivity index (χ2v) is 5.75. The minimum atomic E-state index is -1.08. The fraction of sp³-hybridized carbons (Fsp3) is 0.538. The van der Waals surface area contributed by atoms with Crippen molar-refractivity contribution in [2.45, 2.75) is 39.7 Å². The summed E-state index contributed by atoms with van der Waals surface area (Å²) in [6.07, 6.45) is 3.70. The topological polar surface area (TPSA) is 118 Å². The van der Waals surface area contributed by atoms with E-state index >= 15 is 0 Å². The highest BCUT2D eigenvalue weighted by Gasteiger charge is 2.24. The quantitative estimate of drug-likeness (QED) is 0.742. The molecule has 1 aromatic heterocycles. The van der Waals surface area contributed by atoms with Crippen LogP contribution in [0.25, 0.3) is 0 Å². The number of carbonyl (C=O) groups is 2. The summed E-state index contributed by atoms with van der Waals surface area (Å²) in [5.41, 5.74) is 5.46. The number of carbonyl (C=O) groups excluding carboxylic acids is 1. The number of amides is 1. The van der Waals surface area contributed by atoms with E-state index < -0.39 is 17.9 Å². The van der Waals surface area contributed by atoms with Crippen molar-refractivity contribution in [1.29, 1.82) is 0 Å². The van der Waals surface area contributed by atoms with Gasteiger partial charge in [0.2, 0.25) is 0 Å². The molecule has 0 aromatic carbocycles. The molecule has 0 radical (unpaired) electrons. The molecule has 0 aliphatic carbocycles. The van der Waals surface area contributed by atoms with E-state index in [-0.39, 0.29) is 16.9 Å². The molecule has 110 valence electrons. The number of nitrogens with zero attached hydrogens (tertiary/aromatic N) is 2. The minimum Gasteiger partial charge on any atom is -0.480 e. The summed E-state index contributed by atoms with van der Waals surface area (Å²) in [5.74, 6) is -1.73. The van der Waals surface area contributed by atoms with Gasteiger partial charge in [-0.1, -0.05) is 20.8 Å². The molecule has 20 heavy (non-hydrogen) atoms. The molecule has 0 fully saturated rings. The molecule has 1 heterocycles. The Hall–Kier alpha value is -2.18. The molecule has 1 unspecified atom stereocenters. The minimum absolute atomic E-state index is 0.00991. The van der Waals surface area contributed by atoms with Gasteiger partial charge in [0.05, 0.1) is 0 Å². The van der Waals surface area contributed by atoms with Crippen LogP contribution >= 0.6 is 0 Å². The van der Waals surface area contributed by atoms with E-state index in [1.54, 1.807) is 0 Å². The monoisotopic (exact) mass is 280 g/mol. The summed E-state index contributed by atoms with van der Waals surface area (Å²) in [6, 6.07) is -0.969. The highest BCUT2D eigenvalue weighted by atomic mass is 16.4. The molecule has 0 saturated heterocycles. The Kier molecular flexibility index (Phi) is 5.01. The van der Waals surface area contributed by atoms with Crippen molar-refractivity contribution in [1.82, 2.24) is 15.3 Å². The molecule has 1 rings (SSSR count). The first-order chi connectivity index (χ1) is 9.20. The van der Waals surface area contributed by atoms with Gasteiger partial charge in [-0.25, -0.2) is 14.8 Å². The Morgan fingerprint density at radius 2 is 1.95 bits per heavy atom. The molecule has 4 N–H and O–H groups in total. The van der Waals surface area contributed by atoms with Crippen LogP contribution in [0, 0.1) is 5.41 Å². The zero-order valence-electron chi connectivity index (χ0n) is 11.9. The first-order valence-electron chi connectivity index (χ1n) is 6.31. The van der Waals surface area contributed by atoms with Crippen molar-refractivity contribution in [3.63, 3.8) is 0 Å². The largest absolute Gasteiger partial charge is 0.480 e. The van der Waals surface area contributed by atoms with Gasteiger partial charge in [-0.3, -0.25) is 4.79 Å².